The van der Waals surface area contributed by atoms with E-state index in [1.807, 2.05) is 25.1 Å². The molecule has 0 aliphatic carbocycles. The summed E-state index contributed by atoms with van der Waals surface area (Å²) in [5.74, 6) is 0. The molecule has 2 nitrogen and oxygen atoms in total. The molecule has 0 saturated heterocycles. The van der Waals surface area contributed by atoms with E-state index in [-0.39, 0.29) is 6.04 Å². The molecule has 0 fully saturated rings. The van der Waals surface area contributed by atoms with Crippen LogP contribution in [0.1, 0.15) is 18.0 Å². The SMILES string of the molecule is CC(N)c1nc2cc(Cl)ccc2s1. The van der Waals surface area contributed by atoms with Crippen molar-refractivity contribution in [2.45, 2.75) is 13.0 Å². The van der Waals surface area contributed by atoms with E-state index in [2.05, 4.69) is 4.98 Å². The van der Waals surface area contributed by atoms with Crippen LogP contribution < -0.4 is 5.73 Å². The highest BCUT2D eigenvalue weighted by Gasteiger charge is 2.07. The van der Waals surface area contributed by atoms with Crippen molar-refractivity contribution in [3.63, 3.8) is 0 Å². The van der Waals surface area contributed by atoms with E-state index >= 15 is 0 Å². The molecule has 1 aromatic heterocycles. The van der Waals surface area contributed by atoms with Crippen molar-refractivity contribution in [2.24, 2.45) is 5.73 Å². The fraction of sp³-hybridized carbons (Fsp3) is 0.222. The van der Waals surface area contributed by atoms with Gasteiger partial charge in [0.2, 0.25) is 0 Å². The van der Waals surface area contributed by atoms with Crippen LogP contribution in [0.25, 0.3) is 10.2 Å². The van der Waals surface area contributed by atoms with Gasteiger partial charge in [-0.15, -0.1) is 11.3 Å². The van der Waals surface area contributed by atoms with Crippen LogP contribution in [0.15, 0.2) is 18.2 Å². The minimum absolute atomic E-state index is 0.00354. The first kappa shape index (κ1) is 8.94. The fourth-order valence-electron chi connectivity index (χ4n) is 1.11. The lowest BCUT2D eigenvalue weighted by Gasteiger charge is -1.95. The fourth-order valence-corrected chi connectivity index (χ4v) is 2.18. The van der Waals surface area contributed by atoms with Gasteiger partial charge in [0.05, 0.1) is 16.3 Å². The zero-order valence-electron chi connectivity index (χ0n) is 7.12. The molecule has 2 N–H and O–H groups in total. The summed E-state index contributed by atoms with van der Waals surface area (Å²) in [5, 5.41) is 1.67. The van der Waals surface area contributed by atoms with Gasteiger partial charge in [0.25, 0.3) is 0 Å². The van der Waals surface area contributed by atoms with Crippen molar-refractivity contribution in [2.75, 3.05) is 0 Å². The lowest BCUT2D eigenvalue weighted by molar-refractivity contribution is 0.810. The Morgan fingerprint density at radius 3 is 3.00 bits per heavy atom. The Kier molecular flexibility index (Phi) is 2.24. The predicted octanol–water partition coefficient (Wildman–Crippen LogP) is 2.97. The Balaban J connectivity index is 2.62. The van der Waals surface area contributed by atoms with Crippen molar-refractivity contribution in [1.29, 1.82) is 0 Å². The molecule has 4 heteroatoms. The Morgan fingerprint density at radius 2 is 2.31 bits per heavy atom. The van der Waals surface area contributed by atoms with Crippen LogP contribution in [0.4, 0.5) is 0 Å². The molecule has 68 valence electrons. The first-order valence-electron chi connectivity index (χ1n) is 3.98. The Morgan fingerprint density at radius 1 is 1.54 bits per heavy atom. The average molecular weight is 213 g/mol. The lowest BCUT2D eigenvalue weighted by atomic mass is 10.3. The Bertz CT molecular complexity index is 436. The van der Waals surface area contributed by atoms with E-state index in [9.17, 15) is 0 Å². The number of hydrogen-bond donors (Lipinski definition) is 1. The normalized spacial score (nSPS) is 13.5. The third-order valence-corrected chi connectivity index (χ3v) is 3.23. The number of thiazole rings is 1. The molecule has 0 amide bonds. The van der Waals surface area contributed by atoms with E-state index < -0.39 is 0 Å². The summed E-state index contributed by atoms with van der Waals surface area (Å²) < 4.78 is 1.14. The number of fused-ring (bicyclic) bond motifs is 1. The summed E-state index contributed by atoms with van der Waals surface area (Å²) in [6, 6.07) is 5.70. The van der Waals surface area contributed by atoms with E-state index in [0.29, 0.717) is 5.02 Å². The van der Waals surface area contributed by atoms with Gasteiger partial charge in [-0.05, 0) is 25.1 Å². The molecule has 0 saturated carbocycles. The van der Waals surface area contributed by atoms with E-state index in [1.165, 1.54) is 0 Å². The first-order valence-corrected chi connectivity index (χ1v) is 5.18. The van der Waals surface area contributed by atoms with Gasteiger partial charge < -0.3 is 5.73 Å². The Labute approximate surface area is 85.3 Å². The van der Waals surface area contributed by atoms with Crippen molar-refractivity contribution in [3.8, 4) is 0 Å². The van der Waals surface area contributed by atoms with E-state index in [4.69, 9.17) is 17.3 Å². The van der Waals surface area contributed by atoms with Gasteiger partial charge in [-0.3, -0.25) is 0 Å². The van der Waals surface area contributed by atoms with Gasteiger partial charge >= 0.3 is 0 Å². The highest BCUT2D eigenvalue weighted by Crippen LogP contribution is 2.27. The maximum atomic E-state index is 5.84. The molecule has 0 aliphatic rings. The molecule has 2 aromatic rings. The Hall–Kier alpha value is -0.640. The number of nitrogens with two attached hydrogens (primary N) is 1. The largest absolute Gasteiger partial charge is 0.322 e. The third kappa shape index (κ3) is 1.68. The molecule has 13 heavy (non-hydrogen) atoms. The van der Waals surface area contributed by atoms with Gasteiger partial charge in [-0.25, -0.2) is 4.98 Å². The lowest BCUT2D eigenvalue weighted by Crippen LogP contribution is -2.03. The molecular weight excluding hydrogens is 204 g/mol. The number of aromatic nitrogens is 1. The highest BCUT2D eigenvalue weighted by molar-refractivity contribution is 7.18. The van der Waals surface area contributed by atoms with Crippen molar-refractivity contribution in [3.05, 3.63) is 28.2 Å². The molecule has 1 aromatic carbocycles. The van der Waals surface area contributed by atoms with Crippen LogP contribution >= 0.6 is 22.9 Å². The van der Waals surface area contributed by atoms with Crippen LogP contribution in [0.5, 0.6) is 0 Å². The van der Waals surface area contributed by atoms with Crippen LogP contribution in [0.2, 0.25) is 5.02 Å². The second-order valence-electron chi connectivity index (χ2n) is 2.95. The second-order valence-corrected chi connectivity index (χ2v) is 4.45. The number of hydrogen-bond acceptors (Lipinski definition) is 3. The quantitative estimate of drug-likeness (QED) is 0.790. The summed E-state index contributed by atoms with van der Waals surface area (Å²) in [4.78, 5) is 4.38. The summed E-state index contributed by atoms with van der Waals surface area (Å²) in [6.07, 6.45) is 0. The van der Waals surface area contributed by atoms with Crippen LogP contribution in [0, 0.1) is 0 Å². The van der Waals surface area contributed by atoms with Crippen LogP contribution in [-0.2, 0) is 0 Å². The second kappa shape index (κ2) is 3.25. The summed E-state index contributed by atoms with van der Waals surface area (Å²) >= 11 is 7.46. The molecule has 0 radical (unpaired) electrons. The third-order valence-electron chi connectivity index (χ3n) is 1.76. The standard InChI is InChI=1S/C9H9ClN2S/c1-5(11)9-12-7-4-6(10)2-3-8(7)13-9/h2-5H,11H2,1H3. The average Bonchev–Trinajstić information content (AvgIpc) is 2.46. The first-order chi connectivity index (χ1) is 6.16. The van der Waals surface area contributed by atoms with Crippen molar-refractivity contribution >= 4 is 33.2 Å². The molecular formula is C9H9ClN2S. The maximum absolute atomic E-state index is 5.84. The molecule has 1 unspecified atom stereocenters. The molecule has 0 bridgehead atoms. The molecule has 2 rings (SSSR count). The summed E-state index contributed by atoms with van der Waals surface area (Å²) in [7, 11) is 0. The van der Waals surface area contributed by atoms with Gasteiger partial charge in [-0.2, -0.15) is 0 Å². The van der Waals surface area contributed by atoms with E-state index in [1.54, 1.807) is 11.3 Å². The number of benzene rings is 1. The van der Waals surface area contributed by atoms with Crippen LogP contribution in [-0.4, -0.2) is 4.98 Å². The molecule has 0 aliphatic heterocycles. The van der Waals surface area contributed by atoms with Gasteiger partial charge in [0.1, 0.15) is 5.01 Å². The van der Waals surface area contributed by atoms with Gasteiger partial charge in [-0.1, -0.05) is 11.6 Å². The maximum Gasteiger partial charge on any atom is 0.110 e. The summed E-state index contributed by atoms with van der Waals surface area (Å²) in [5.41, 5.74) is 6.67. The number of halogens is 1. The number of rotatable bonds is 1. The van der Waals surface area contributed by atoms with Crippen LogP contribution in [0.3, 0.4) is 0 Å². The highest BCUT2D eigenvalue weighted by atomic mass is 35.5. The topological polar surface area (TPSA) is 38.9 Å². The minimum Gasteiger partial charge on any atom is -0.322 e. The smallest absolute Gasteiger partial charge is 0.110 e. The van der Waals surface area contributed by atoms with Gasteiger partial charge in [0, 0.05) is 5.02 Å². The van der Waals surface area contributed by atoms with Crippen molar-refractivity contribution < 1.29 is 0 Å². The number of nitrogens with zero attached hydrogens (tertiary/aromatic N) is 1. The zero-order chi connectivity index (χ0) is 9.42. The zero-order valence-corrected chi connectivity index (χ0v) is 8.69. The molecule has 1 heterocycles. The minimum atomic E-state index is -0.00354. The van der Waals surface area contributed by atoms with Crippen molar-refractivity contribution in [1.82, 2.24) is 4.98 Å². The predicted molar refractivity (Wildman–Crippen MR) is 57.2 cm³/mol. The van der Waals surface area contributed by atoms with Gasteiger partial charge in [0.15, 0.2) is 0 Å². The molecule has 1 atom stereocenters. The van der Waals surface area contributed by atoms with E-state index in [0.717, 1.165) is 15.2 Å². The summed E-state index contributed by atoms with van der Waals surface area (Å²) in [6.45, 7) is 1.93. The monoisotopic (exact) mass is 212 g/mol. The molecule has 0 spiro atoms.